The van der Waals surface area contributed by atoms with Crippen LogP contribution in [-0.4, -0.2) is 25.5 Å². The number of nitrogens with one attached hydrogen (secondary N) is 1. The zero-order valence-corrected chi connectivity index (χ0v) is 14.7. The van der Waals surface area contributed by atoms with E-state index in [0.29, 0.717) is 29.2 Å². The highest BCUT2D eigenvalue weighted by atomic mass is 16.5. The Labute approximate surface area is 152 Å². The van der Waals surface area contributed by atoms with Gasteiger partial charge in [-0.15, -0.1) is 0 Å². The highest BCUT2D eigenvalue weighted by Gasteiger charge is 2.36. The summed E-state index contributed by atoms with van der Waals surface area (Å²) in [5.74, 6) is -0.201. The van der Waals surface area contributed by atoms with Crippen molar-refractivity contribution in [3.05, 3.63) is 53.6 Å². The lowest BCUT2D eigenvalue weighted by Crippen LogP contribution is -2.28. The molecule has 6 nitrogen and oxygen atoms in total. The number of anilines is 2. The van der Waals surface area contributed by atoms with E-state index in [9.17, 15) is 9.59 Å². The molecule has 0 radical (unpaired) electrons. The first kappa shape index (κ1) is 17.5. The Morgan fingerprint density at radius 2 is 2.12 bits per heavy atom. The normalized spacial score (nSPS) is 16.3. The molecule has 26 heavy (non-hydrogen) atoms. The minimum atomic E-state index is -0.460. The number of aryl methyl sites for hydroxylation is 1. The lowest BCUT2D eigenvalue weighted by molar-refractivity contribution is -0.122. The first-order chi connectivity index (χ1) is 12.5. The Kier molecular flexibility index (Phi) is 4.90. The van der Waals surface area contributed by atoms with Crippen LogP contribution in [0.4, 0.5) is 11.4 Å². The van der Waals surface area contributed by atoms with Crippen molar-refractivity contribution in [2.45, 2.75) is 13.3 Å². The molecule has 6 heteroatoms. The molecule has 132 valence electrons. The van der Waals surface area contributed by atoms with Crippen molar-refractivity contribution >= 4 is 23.2 Å². The van der Waals surface area contributed by atoms with Crippen molar-refractivity contribution in [2.75, 3.05) is 23.9 Å². The van der Waals surface area contributed by atoms with Crippen molar-refractivity contribution < 1.29 is 14.3 Å². The van der Waals surface area contributed by atoms with E-state index in [1.807, 2.05) is 31.2 Å². The van der Waals surface area contributed by atoms with Crippen LogP contribution in [0.2, 0.25) is 0 Å². The van der Waals surface area contributed by atoms with Crippen LogP contribution in [0.1, 0.15) is 17.5 Å². The average molecular weight is 349 g/mol. The van der Waals surface area contributed by atoms with Crippen molar-refractivity contribution in [3.63, 3.8) is 0 Å². The second kappa shape index (κ2) is 7.28. The van der Waals surface area contributed by atoms with Gasteiger partial charge in [-0.1, -0.05) is 12.1 Å². The lowest BCUT2D eigenvalue weighted by atomic mass is 10.1. The molecule has 0 saturated carbocycles. The van der Waals surface area contributed by atoms with E-state index in [2.05, 4.69) is 5.32 Å². The summed E-state index contributed by atoms with van der Waals surface area (Å²) in [7, 11) is 1.56. The molecule has 1 fully saturated rings. The lowest BCUT2D eigenvalue weighted by Gasteiger charge is -2.20. The highest BCUT2D eigenvalue weighted by Crippen LogP contribution is 2.34. The summed E-state index contributed by atoms with van der Waals surface area (Å²) >= 11 is 0. The van der Waals surface area contributed by atoms with Crippen LogP contribution in [0.15, 0.2) is 42.5 Å². The molecule has 1 aliphatic heterocycles. The van der Waals surface area contributed by atoms with Gasteiger partial charge in [0.05, 0.1) is 30.3 Å². The molecule has 1 aliphatic rings. The smallest absolute Gasteiger partial charge is 0.229 e. The first-order valence-electron chi connectivity index (χ1n) is 8.28. The molecule has 0 aromatic heterocycles. The second-order valence-electron chi connectivity index (χ2n) is 6.26. The Bertz CT molecular complexity index is 901. The maximum absolute atomic E-state index is 12.6. The van der Waals surface area contributed by atoms with Gasteiger partial charge in [-0.25, -0.2) is 0 Å². The molecule has 1 saturated heterocycles. The minimum absolute atomic E-state index is 0.111. The molecule has 1 heterocycles. The molecular formula is C20H19N3O3. The zero-order chi connectivity index (χ0) is 18.7. The average Bonchev–Trinajstić information content (AvgIpc) is 3.03. The summed E-state index contributed by atoms with van der Waals surface area (Å²) in [6.07, 6.45) is 0.140. The molecular weight excluding hydrogens is 330 g/mol. The summed E-state index contributed by atoms with van der Waals surface area (Å²) in [6.45, 7) is 2.23. The fourth-order valence-corrected chi connectivity index (χ4v) is 3.04. The molecule has 2 aromatic carbocycles. The third-order valence-electron chi connectivity index (χ3n) is 4.38. The molecule has 1 unspecified atom stereocenters. The molecule has 2 amide bonds. The second-order valence-corrected chi connectivity index (χ2v) is 6.26. The van der Waals surface area contributed by atoms with Gasteiger partial charge < -0.3 is 15.0 Å². The van der Waals surface area contributed by atoms with Gasteiger partial charge >= 0.3 is 0 Å². The van der Waals surface area contributed by atoms with Gasteiger partial charge in [0.25, 0.3) is 0 Å². The number of ether oxygens (including phenoxy) is 1. The monoisotopic (exact) mass is 349 g/mol. The largest absolute Gasteiger partial charge is 0.495 e. The summed E-state index contributed by atoms with van der Waals surface area (Å²) < 4.78 is 5.35. The predicted octanol–water partition coefficient (Wildman–Crippen LogP) is 2.87. The van der Waals surface area contributed by atoms with Crippen molar-refractivity contribution in [2.24, 2.45) is 5.92 Å². The quantitative estimate of drug-likeness (QED) is 0.920. The molecule has 0 spiro atoms. The molecule has 1 N–H and O–H groups in total. The highest BCUT2D eigenvalue weighted by molar-refractivity contribution is 6.04. The zero-order valence-electron chi connectivity index (χ0n) is 14.7. The van der Waals surface area contributed by atoms with Crippen molar-refractivity contribution in [1.29, 1.82) is 5.26 Å². The van der Waals surface area contributed by atoms with E-state index in [0.717, 1.165) is 5.56 Å². The van der Waals surface area contributed by atoms with E-state index < -0.39 is 5.92 Å². The Hall–Kier alpha value is -3.33. The predicted molar refractivity (Wildman–Crippen MR) is 98.0 cm³/mol. The number of amides is 2. The topological polar surface area (TPSA) is 82.4 Å². The van der Waals surface area contributed by atoms with Crippen molar-refractivity contribution in [3.8, 4) is 11.8 Å². The number of carbonyl (C=O) groups is 2. The maximum Gasteiger partial charge on any atom is 0.229 e. The number of rotatable bonds is 4. The number of hydrogen-bond donors (Lipinski definition) is 1. The first-order valence-corrected chi connectivity index (χ1v) is 8.28. The SMILES string of the molecule is COc1ccc(C)cc1N1CC(C(=O)Nc2cccc(C#N)c2)CC1=O. The van der Waals surface area contributed by atoms with E-state index in [-0.39, 0.29) is 18.2 Å². The van der Waals surface area contributed by atoms with Crippen LogP contribution in [-0.2, 0) is 9.59 Å². The minimum Gasteiger partial charge on any atom is -0.495 e. The van der Waals surface area contributed by atoms with Gasteiger partial charge in [0.15, 0.2) is 0 Å². The molecule has 3 rings (SSSR count). The molecule has 0 aliphatic carbocycles. The number of carbonyl (C=O) groups excluding carboxylic acids is 2. The summed E-state index contributed by atoms with van der Waals surface area (Å²) in [5, 5.41) is 11.7. The number of benzene rings is 2. The van der Waals surface area contributed by atoms with Gasteiger partial charge in [0, 0.05) is 18.7 Å². The third kappa shape index (κ3) is 3.52. The van der Waals surface area contributed by atoms with Crippen molar-refractivity contribution in [1.82, 2.24) is 0 Å². The van der Waals surface area contributed by atoms with Gasteiger partial charge in [0.2, 0.25) is 11.8 Å². The number of nitrogens with zero attached hydrogens (tertiary/aromatic N) is 2. The summed E-state index contributed by atoms with van der Waals surface area (Å²) in [6, 6.07) is 14.3. The molecule has 0 bridgehead atoms. The van der Waals surface area contributed by atoms with E-state index in [4.69, 9.17) is 10.00 Å². The van der Waals surface area contributed by atoms with Crippen LogP contribution in [0.3, 0.4) is 0 Å². The van der Waals surface area contributed by atoms with Crippen LogP contribution in [0.25, 0.3) is 0 Å². The van der Waals surface area contributed by atoms with Gasteiger partial charge in [-0.2, -0.15) is 5.26 Å². The fraction of sp³-hybridized carbons (Fsp3) is 0.250. The van der Waals surface area contributed by atoms with Gasteiger partial charge in [0.1, 0.15) is 5.75 Å². The van der Waals surface area contributed by atoms with E-state index in [1.54, 1.807) is 36.3 Å². The standard InChI is InChI=1S/C20H19N3O3/c1-13-6-7-18(26-2)17(8-13)23-12-15(10-19(23)24)20(25)22-16-5-3-4-14(9-16)11-21/h3-9,15H,10,12H2,1-2H3,(H,22,25). The number of methoxy groups -OCH3 is 1. The Morgan fingerprint density at radius 1 is 1.31 bits per heavy atom. The summed E-state index contributed by atoms with van der Waals surface area (Å²) in [5.41, 5.74) is 2.71. The van der Waals surface area contributed by atoms with Gasteiger partial charge in [-0.05, 0) is 42.8 Å². The van der Waals surface area contributed by atoms with E-state index in [1.165, 1.54) is 0 Å². The number of hydrogen-bond acceptors (Lipinski definition) is 4. The summed E-state index contributed by atoms with van der Waals surface area (Å²) in [4.78, 5) is 26.6. The Balaban J connectivity index is 1.76. The molecule has 2 aromatic rings. The van der Waals surface area contributed by atoms with Crippen LogP contribution in [0.5, 0.6) is 5.75 Å². The number of nitriles is 1. The van der Waals surface area contributed by atoms with Gasteiger partial charge in [-0.3, -0.25) is 9.59 Å². The maximum atomic E-state index is 12.6. The van der Waals surface area contributed by atoms with E-state index >= 15 is 0 Å². The van der Waals surface area contributed by atoms with Crippen LogP contribution < -0.4 is 15.0 Å². The van der Waals surface area contributed by atoms with Crippen LogP contribution in [0, 0.1) is 24.2 Å². The van der Waals surface area contributed by atoms with Crippen LogP contribution >= 0.6 is 0 Å². The molecule has 1 atom stereocenters. The third-order valence-corrected chi connectivity index (χ3v) is 4.38. The fourth-order valence-electron chi connectivity index (χ4n) is 3.04. The Morgan fingerprint density at radius 3 is 2.85 bits per heavy atom.